The van der Waals surface area contributed by atoms with E-state index >= 15 is 0 Å². The van der Waals surface area contributed by atoms with Gasteiger partial charge >= 0.3 is 18.0 Å². The topological polar surface area (TPSA) is 148 Å². The summed E-state index contributed by atoms with van der Waals surface area (Å²) in [7, 11) is -2.81. The van der Waals surface area contributed by atoms with E-state index in [1.54, 1.807) is 0 Å². The van der Waals surface area contributed by atoms with Crippen molar-refractivity contribution in [2.75, 3.05) is 33.4 Å². The highest BCUT2D eigenvalue weighted by Crippen LogP contribution is 2.26. The van der Waals surface area contributed by atoms with E-state index in [4.69, 9.17) is 4.74 Å². The quantitative estimate of drug-likeness (QED) is 0.518. The van der Waals surface area contributed by atoms with Crippen molar-refractivity contribution < 1.29 is 37.1 Å². The van der Waals surface area contributed by atoms with E-state index in [9.17, 15) is 27.6 Å². The van der Waals surface area contributed by atoms with Crippen molar-refractivity contribution in [3.05, 3.63) is 29.8 Å². The number of carbonyl (C=O) groups is 4. The molecule has 0 bridgehead atoms. The Kier molecular flexibility index (Phi) is 9.35. The molecule has 3 amide bonds. The largest absolute Gasteiger partial charge is 0.465 e. The van der Waals surface area contributed by atoms with Gasteiger partial charge in [0, 0.05) is 19.6 Å². The summed E-state index contributed by atoms with van der Waals surface area (Å²) in [6, 6.07) is 5.08. The van der Waals surface area contributed by atoms with E-state index in [0.717, 1.165) is 0 Å². The molecule has 1 aliphatic heterocycles. The Morgan fingerprint density at radius 3 is 2.36 bits per heavy atom. The zero-order valence-corrected chi connectivity index (χ0v) is 19.6. The van der Waals surface area contributed by atoms with Crippen molar-refractivity contribution in [2.45, 2.75) is 31.6 Å². The van der Waals surface area contributed by atoms with E-state index in [2.05, 4.69) is 15.4 Å². The fraction of sp³-hybridized carbons (Fsp3) is 0.524. The number of methoxy groups -OCH3 is 1. The van der Waals surface area contributed by atoms with Gasteiger partial charge in [-0.15, -0.1) is 0 Å². The second-order valence-electron chi connectivity index (χ2n) is 7.93. The molecule has 0 atom stereocenters. The molecule has 0 saturated carbocycles. The predicted molar refractivity (Wildman–Crippen MR) is 117 cm³/mol. The lowest BCUT2D eigenvalue weighted by molar-refractivity contribution is -0.153. The van der Waals surface area contributed by atoms with Crippen LogP contribution in [0.1, 0.15) is 37.0 Å². The molecule has 1 heterocycles. The Morgan fingerprint density at radius 2 is 1.76 bits per heavy atom. The molecule has 1 fully saturated rings. The fourth-order valence-electron chi connectivity index (χ4n) is 3.20. The fourth-order valence-corrected chi connectivity index (χ4v) is 4.85. The number of imide groups is 1. The number of nitrogens with one attached hydrogen (secondary N) is 2. The standard InChI is InChI=1S/C21H29N3O8S/c1-14(2)12-22-21(28)23-18(25)13-32-19(26)15-8-10-24(11-9-15)33(29,30)17-7-5-4-6-16(17)20(27)31-3/h4-7,14-15H,8-13H2,1-3H3,(H2,22,23,25,28). The van der Waals surface area contributed by atoms with Gasteiger partial charge in [0.1, 0.15) is 0 Å². The van der Waals surface area contributed by atoms with Crippen LogP contribution in [0.4, 0.5) is 4.79 Å². The van der Waals surface area contributed by atoms with Crippen LogP contribution in [0.2, 0.25) is 0 Å². The van der Waals surface area contributed by atoms with Gasteiger partial charge in [-0.05, 0) is 30.9 Å². The third kappa shape index (κ3) is 7.26. The van der Waals surface area contributed by atoms with E-state index < -0.39 is 46.4 Å². The molecule has 0 radical (unpaired) electrons. The summed E-state index contributed by atoms with van der Waals surface area (Å²) < 4.78 is 36.9. The Morgan fingerprint density at radius 1 is 1.12 bits per heavy atom. The first-order valence-corrected chi connectivity index (χ1v) is 11.9. The Hall–Kier alpha value is -2.99. The van der Waals surface area contributed by atoms with Crippen molar-refractivity contribution in [1.29, 1.82) is 0 Å². The van der Waals surface area contributed by atoms with Crippen LogP contribution in [0, 0.1) is 11.8 Å². The molecule has 1 aromatic carbocycles. The molecule has 0 aromatic heterocycles. The number of esters is 2. The second-order valence-corrected chi connectivity index (χ2v) is 9.83. The first kappa shape index (κ1) is 26.3. The molecular weight excluding hydrogens is 454 g/mol. The van der Waals surface area contributed by atoms with Gasteiger partial charge in [-0.1, -0.05) is 26.0 Å². The first-order valence-electron chi connectivity index (χ1n) is 10.5. The van der Waals surface area contributed by atoms with E-state index in [1.807, 2.05) is 13.8 Å². The highest BCUT2D eigenvalue weighted by Gasteiger charge is 2.35. The second kappa shape index (κ2) is 11.8. The van der Waals surface area contributed by atoms with Crippen LogP contribution in [0.5, 0.6) is 0 Å². The van der Waals surface area contributed by atoms with Crippen LogP contribution < -0.4 is 10.6 Å². The molecule has 11 nitrogen and oxygen atoms in total. The van der Waals surface area contributed by atoms with E-state index in [-0.39, 0.29) is 42.3 Å². The van der Waals surface area contributed by atoms with Gasteiger partial charge in [-0.2, -0.15) is 4.31 Å². The van der Waals surface area contributed by atoms with Gasteiger partial charge < -0.3 is 14.8 Å². The number of ether oxygens (including phenoxy) is 2. The monoisotopic (exact) mass is 483 g/mol. The highest BCUT2D eigenvalue weighted by atomic mass is 32.2. The normalized spacial score (nSPS) is 15.0. The maximum atomic E-state index is 13.0. The molecule has 0 spiro atoms. The number of hydrogen-bond donors (Lipinski definition) is 2. The number of rotatable bonds is 8. The van der Waals surface area contributed by atoms with Crippen LogP contribution in [-0.4, -0.2) is 70.0 Å². The van der Waals surface area contributed by atoms with Crippen LogP contribution >= 0.6 is 0 Å². The molecule has 182 valence electrons. The van der Waals surface area contributed by atoms with Crippen LogP contribution in [0.15, 0.2) is 29.2 Å². The number of amides is 3. The molecular formula is C21H29N3O8S. The minimum atomic E-state index is -3.98. The molecule has 1 aromatic rings. The average molecular weight is 484 g/mol. The van der Waals surface area contributed by atoms with Crippen molar-refractivity contribution >= 4 is 33.9 Å². The third-order valence-corrected chi connectivity index (χ3v) is 6.92. The number of sulfonamides is 1. The molecule has 0 aliphatic carbocycles. The Labute approximate surface area is 192 Å². The lowest BCUT2D eigenvalue weighted by Crippen LogP contribution is -2.43. The van der Waals surface area contributed by atoms with Gasteiger partial charge in [0.05, 0.1) is 23.5 Å². The van der Waals surface area contributed by atoms with Crippen molar-refractivity contribution in [3.8, 4) is 0 Å². The van der Waals surface area contributed by atoms with E-state index in [0.29, 0.717) is 6.54 Å². The molecule has 1 aliphatic rings. The van der Waals surface area contributed by atoms with Crippen LogP contribution in [0.25, 0.3) is 0 Å². The molecule has 2 N–H and O–H groups in total. The number of nitrogens with zero attached hydrogens (tertiary/aromatic N) is 1. The summed E-state index contributed by atoms with van der Waals surface area (Å²) in [4.78, 5) is 47.4. The zero-order chi connectivity index (χ0) is 24.6. The summed E-state index contributed by atoms with van der Waals surface area (Å²) in [5.41, 5.74) is -0.0648. The minimum Gasteiger partial charge on any atom is -0.465 e. The summed E-state index contributed by atoms with van der Waals surface area (Å²) in [5.74, 6) is -2.53. The lowest BCUT2D eigenvalue weighted by atomic mass is 9.98. The lowest BCUT2D eigenvalue weighted by Gasteiger charge is -2.30. The van der Waals surface area contributed by atoms with Crippen molar-refractivity contribution in [1.82, 2.24) is 14.9 Å². The zero-order valence-electron chi connectivity index (χ0n) is 18.8. The van der Waals surface area contributed by atoms with Crippen LogP contribution in [0.3, 0.4) is 0 Å². The number of benzene rings is 1. The number of urea groups is 1. The molecule has 0 unspecified atom stereocenters. The SMILES string of the molecule is COC(=O)c1ccccc1S(=O)(=O)N1CCC(C(=O)OCC(=O)NC(=O)NCC(C)C)CC1. The van der Waals surface area contributed by atoms with Crippen molar-refractivity contribution in [2.24, 2.45) is 11.8 Å². The summed E-state index contributed by atoms with van der Waals surface area (Å²) in [6.07, 6.45) is 0.379. The highest BCUT2D eigenvalue weighted by molar-refractivity contribution is 7.89. The summed E-state index contributed by atoms with van der Waals surface area (Å²) in [6.45, 7) is 3.67. The van der Waals surface area contributed by atoms with Gasteiger partial charge in [-0.3, -0.25) is 14.9 Å². The van der Waals surface area contributed by atoms with Gasteiger partial charge in [0.2, 0.25) is 10.0 Å². The number of hydrogen-bond acceptors (Lipinski definition) is 8. The van der Waals surface area contributed by atoms with Gasteiger partial charge in [0.25, 0.3) is 5.91 Å². The smallest absolute Gasteiger partial charge is 0.339 e. The molecule has 1 saturated heterocycles. The van der Waals surface area contributed by atoms with E-state index in [1.165, 1.54) is 35.7 Å². The predicted octanol–water partition coefficient (Wildman–Crippen LogP) is 0.899. The molecule has 33 heavy (non-hydrogen) atoms. The Balaban J connectivity index is 1.88. The van der Waals surface area contributed by atoms with Gasteiger partial charge in [-0.25, -0.2) is 18.0 Å². The maximum absolute atomic E-state index is 13.0. The minimum absolute atomic E-state index is 0.0431. The maximum Gasteiger partial charge on any atom is 0.339 e. The van der Waals surface area contributed by atoms with Crippen LogP contribution in [-0.2, 0) is 29.1 Å². The number of carbonyl (C=O) groups excluding carboxylic acids is 4. The molecule has 2 rings (SSSR count). The third-order valence-electron chi connectivity index (χ3n) is 4.97. The molecule has 12 heteroatoms. The average Bonchev–Trinajstić information content (AvgIpc) is 2.80. The first-order chi connectivity index (χ1) is 15.6. The summed E-state index contributed by atoms with van der Waals surface area (Å²) in [5, 5.41) is 4.57. The Bertz CT molecular complexity index is 985. The van der Waals surface area contributed by atoms with Gasteiger partial charge in [0.15, 0.2) is 6.61 Å². The van der Waals surface area contributed by atoms with Crippen molar-refractivity contribution in [3.63, 3.8) is 0 Å². The summed E-state index contributed by atoms with van der Waals surface area (Å²) >= 11 is 0. The number of piperidine rings is 1.